The largest absolute Gasteiger partial charge is 0.455 e. The van der Waals surface area contributed by atoms with Crippen molar-refractivity contribution in [1.29, 1.82) is 0 Å². The van der Waals surface area contributed by atoms with Crippen LogP contribution in [0.5, 0.6) is 0 Å². The zero-order chi connectivity index (χ0) is 36.0. The smallest absolute Gasteiger partial charge is 0.255 e. The monoisotopic (exact) mass is 710 g/mol. The van der Waals surface area contributed by atoms with E-state index in [1.165, 1.54) is 50.5 Å². The topological polar surface area (TPSA) is 133 Å². The Hall–Kier alpha value is -5.44. The fourth-order valence-corrected chi connectivity index (χ4v) is 7.49. The summed E-state index contributed by atoms with van der Waals surface area (Å²) in [5.41, 5.74) is 3.23. The maximum atomic E-state index is 15.2. The van der Waals surface area contributed by atoms with Gasteiger partial charge in [0.2, 0.25) is 10.0 Å². The van der Waals surface area contributed by atoms with Crippen LogP contribution in [0, 0.1) is 11.6 Å². The van der Waals surface area contributed by atoms with E-state index in [2.05, 4.69) is 10.2 Å². The lowest BCUT2D eigenvalue weighted by Gasteiger charge is -2.44. The molecule has 0 aliphatic carbocycles. The number of nitrogens with zero attached hydrogens (tertiary/aromatic N) is 5. The number of nitrogens with one attached hydrogen (secondary N) is 1. The standard InChI is InChI=1S/C37H32F2N6O5S/c1-37(47)18-44(19-37)17-32-41-27-13-12-26(42-34(27)30-15-22-25(39)6-5-7-28(22)45(30)32)23-14-24-31(16-29(23)43(3)51(4,48)49)50-35(33(24)36(46)40-2)20-8-10-21(38)11-9-20/h5-16,47H,17-19H2,1-4H3,(H,40,46). The Bertz CT molecular complexity index is 2680. The lowest BCUT2D eigenvalue weighted by Crippen LogP contribution is -2.59. The fourth-order valence-electron chi connectivity index (χ4n) is 6.98. The van der Waals surface area contributed by atoms with Gasteiger partial charge in [-0.25, -0.2) is 27.2 Å². The van der Waals surface area contributed by atoms with Gasteiger partial charge in [-0.3, -0.25) is 18.4 Å². The molecule has 7 aromatic rings. The van der Waals surface area contributed by atoms with Crippen LogP contribution in [-0.4, -0.2) is 77.7 Å². The minimum absolute atomic E-state index is 0.182. The summed E-state index contributed by atoms with van der Waals surface area (Å²) >= 11 is 0. The molecule has 2 N–H and O–H groups in total. The number of halogens is 2. The molecule has 3 aromatic carbocycles. The molecule has 8 rings (SSSR count). The number of rotatable bonds is 7. The van der Waals surface area contributed by atoms with E-state index in [0.29, 0.717) is 75.1 Å². The number of sulfonamides is 1. The van der Waals surface area contributed by atoms with Crippen molar-refractivity contribution in [2.24, 2.45) is 0 Å². The van der Waals surface area contributed by atoms with Gasteiger partial charge < -0.3 is 14.8 Å². The summed E-state index contributed by atoms with van der Waals surface area (Å²) in [6.45, 7) is 3.11. The Balaban J connectivity index is 1.39. The van der Waals surface area contributed by atoms with Crippen LogP contribution < -0.4 is 9.62 Å². The average molecular weight is 711 g/mol. The molecule has 11 nitrogen and oxygen atoms in total. The van der Waals surface area contributed by atoms with Gasteiger partial charge in [0.15, 0.2) is 0 Å². The molecule has 0 radical (unpaired) electrons. The molecule has 0 atom stereocenters. The lowest BCUT2D eigenvalue weighted by atomic mass is 9.97. The van der Waals surface area contributed by atoms with Crippen LogP contribution in [0.1, 0.15) is 23.1 Å². The predicted octanol–water partition coefficient (Wildman–Crippen LogP) is 5.72. The molecule has 0 saturated carbocycles. The highest BCUT2D eigenvalue weighted by molar-refractivity contribution is 7.92. The van der Waals surface area contributed by atoms with Crippen LogP contribution in [0.2, 0.25) is 0 Å². The van der Waals surface area contributed by atoms with Crippen LogP contribution in [0.3, 0.4) is 0 Å². The second-order valence-electron chi connectivity index (χ2n) is 13.3. The van der Waals surface area contributed by atoms with Gasteiger partial charge in [-0.15, -0.1) is 0 Å². The third-order valence-corrected chi connectivity index (χ3v) is 10.6. The van der Waals surface area contributed by atoms with Gasteiger partial charge in [0.05, 0.1) is 51.9 Å². The fraction of sp³-hybridized carbons (Fsp3) is 0.216. The minimum atomic E-state index is -3.80. The van der Waals surface area contributed by atoms with Crippen LogP contribution in [0.25, 0.3) is 61.0 Å². The summed E-state index contributed by atoms with van der Waals surface area (Å²) in [5.74, 6) is -0.492. The van der Waals surface area contributed by atoms with Gasteiger partial charge in [0.25, 0.3) is 5.91 Å². The molecule has 1 aliphatic rings. The van der Waals surface area contributed by atoms with Crippen LogP contribution in [0.15, 0.2) is 77.2 Å². The number of carbonyl (C=O) groups excluding carboxylic acids is 1. The van der Waals surface area contributed by atoms with Crippen molar-refractivity contribution in [3.8, 4) is 22.6 Å². The molecular weight excluding hydrogens is 679 g/mol. The predicted molar refractivity (Wildman–Crippen MR) is 191 cm³/mol. The molecule has 0 bridgehead atoms. The zero-order valence-electron chi connectivity index (χ0n) is 28.0. The van der Waals surface area contributed by atoms with E-state index < -0.39 is 33.2 Å². The number of fused-ring (bicyclic) bond motifs is 6. The van der Waals surface area contributed by atoms with E-state index in [1.54, 1.807) is 37.3 Å². The molecule has 14 heteroatoms. The van der Waals surface area contributed by atoms with Crippen LogP contribution >= 0.6 is 0 Å². The van der Waals surface area contributed by atoms with Gasteiger partial charge in [-0.2, -0.15) is 0 Å². The number of aliphatic hydroxyl groups is 1. The summed E-state index contributed by atoms with van der Waals surface area (Å²) in [4.78, 5) is 25.4. The lowest BCUT2D eigenvalue weighted by molar-refractivity contribution is -0.0880. The number of likely N-dealkylation sites (tertiary alicyclic amines) is 1. The van der Waals surface area contributed by atoms with Crippen molar-refractivity contribution in [1.82, 2.24) is 24.6 Å². The van der Waals surface area contributed by atoms with Crippen molar-refractivity contribution >= 4 is 60.0 Å². The summed E-state index contributed by atoms with van der Waals surface area (Å²) in [7, 11) is -0.906. The van der Waals surface area contributed by atoms with Crippen LogP contribution in [0.4, 0.5) is 14.5 Å². The highest BCUT2D eigenvalue weighted by Crippen LogP contribution is 2.42. The van der Waals surface area contributed by atoms with E-state index >= 15 is 4.39 Å². The molecule has 1 fully saturated rings. The van der Waals surface area contributed by atoms with Crippen molar-refractivity contribution in [2.45, 2.75) is 19.1 Å². The number of hydrogen-bond acceptors (Lipinski definition) is 8. The molecule has 5 heterocycles. The normalized spacial score (nSPS) is 14.8. The number of amides is 1. The number of hydrogen-bond donors (Lipinski definition) is 2. The third-order valence-electron chi connectivity index (χ3n) is 9.39. The van der Waals surface area contributed by atoms with E-state index in [9.17, 15) is 22.7 Å². The first kappa shape index (κ1) is 32.7. The molecule has 1 aliphatic heterocycles. The summed E-state index contributed by atoms with van der Waals surface area (Å²) < 4.78 is 64.1. The Morgan fingerprint density at radius 1 is 1.02 bits per heavy atom. The summed E-state index contributed by atoms with van der Waals surface area (Å²) in [5, 5.41) is 13.8. The number of benzene rings is 3. The first-order valence-corrected chi connectivity index (χ1v) is 17.9. The highest BCUT2D eigenvalue weighted by atomic mass is 32.2. The zero-order valence-corrected chi connectivity index (χ0v) is 28.8. The summed E-state index contributed by atoms with van der Waals surface area (Å²) in [6, 6.07) is 18.7. The maximum absolute atomic E-state index is 15.2. The van der Waals surface area contributed by atoms with Crippen molar-refractivity contribution < 1.29 is 31.5 Å². The highest BCUT2D eigenvalue weighted by Gasteiger charge is 2.37. The maximum Gasteiger partial charge on any atom is 0.255 e. The van der Waals surface area contributed by atoms with Gasteiger partial charge in [-0.05, 0) is 67.6 Å². The number of anilines is 1. The van der Waals surface area contributed by atoms with Gasteiger partial charge >= 0.3 is 0 Å². The van der Waals surface area contributed by atoms with Crippen molar-refractivity contribution in [3.63, 3.8) is 0 Å². The molecule has 4 aromatic heterocycles. The van der Waals surface area contributed by atoms with E-state index in [0.717, 1.165) is 10.6 Å². The van der Waals surface area contributed by atoms with Gasteiger partial charge in [-0.1, -0.05) is 6.07 Å². The van der Waals surface area contributed by atoms with E-state index in [-0.39, 0.29) is 22.6 Å². The number of pyridine rings is 1. The second-order valence-corrected chi connectivity index (χ2v) is 15.3. The first-order chi connectivity index (χ1) is 24.2. The Morgan fingerprint density at radius 3 is 2.45 bits per heavy atom. The first-order valence-electron chi connectivity index (χ1n) is 16.1. The number of furan rings is 1. The second kappa shape index (κ2) is 11.5. The van der Waals surface area contributed by atoms with Crippen LogP contribution in [-0.2, 0) is 16.6 Å². The molecule has 0 unspecified atom stereocenters. The van der Waals surface area contributed by atoms with E-state index in [1.807, 2.05) is 10.5 Å². The SMILES string of the molecule is CNC(=O)c1c(-c2ccc(F)cc2)oc2cc(N(C)S(C)(=O)=O)c(-c3ccc4nc(CN5CC(C)(O)C5)n5c6cccc(F)c6cc5c4n3)cc12. The van der Waals surface area contributed by atoms with Crippen molar-refractivity contribution in [3.05, 3.63) is 95.8 Å². The van der Waals surface area contributed by atoms with Gasteiger partial charge in [0.1, 0.15) is 34.3 Å². The van der Waals surface area contributed by atoms with Gasteiger partial charge in [0, 0.05) is 55.2 Å². The quantitative estimate of drug-likeness (QED) is 0.215. The molecule has 1 saturated heterocycles. The number of carbonyl (C=O) groups is 1. The Labute approximate surface area is 290 Å². The molecule has 260 valence electrons. The average Bonchev–Trinajstić information content (AvgIpc) is 3.66. The molecule has 1 amide bonds. The van der Waals surface area contributed by atoms with E-state index in [4.69, 9.17) is 14.4 Å². The molecular formula is C37H32F2N6O5S. The molecule has 51 heavy (non-hydrogen) atoms. The number of aromatic nitrogens is 3. The molecule has 0 spiro atoms. The Kier molecular flexibility index (Phi) is 7.42. The summed E-state index contributed by atoms with van der Waals surface area (Å²) in [6.07, 6.45) is 1.07. The minimum Gasteiger partial charge on any atom is -0.455 e. The Morgan fingerprint density at radius 2 is 1.76 bits per heavy atom. The number of β-amino-alcohol motifs (C(OH)–C–C–N with tert-alkyl or cyclic N) is 1. The van der Waals surface area contributed by atoms with Crippen molar-refractivity contribution in [2.75, 3.05) is 37.7 Å². The third kappa shape index (κ3) is 5.46.